The number of carbonyl (C=O) groups is 3. The largest absolute Gasteiger partial charge is 0.507 e. The monoisotopic (exact) mass is 517 g/mol. The average Bonchev–Trinajstić information content (AvgIpc) is 3.32. The van der Waals surface area contributed by atoms with E-state index in [4.69, 9.17) is 4.74 Å². The third kappa shape index (κ3) is 4.26. The topological polar surface area (TPSA) is 93.1 Å². The quantitative estimate of drug-likeness (QED) is 0.444. The lowest BCUT2D eigenvalue weighted by Crippen LogP contribution is -2.37. The predicted molar refractivity (Wildman–Crippen MR) is 125 cm³/mol. The molecule has 176 valence electrons. The molecule has 2 aliphatic heterocycles. The lowest BCUT2D eigenvalue weighted by atomic mass is 9.70. The van der Waals surface area contributed by atoms with Crippen LogP contribution in [0.5, 0.6) is 5.75 Å². The van der Waals surface area contributed by atoms with Crippen molar-refractivity contribution in [3.8, 4) is 5.75 Å². The van der Waals surface area contributed by atoms with Gasteiger partial charge in [-0.1, -0.05) is 40.1 Å². The molecule has 4 atom stereocenters. The maximum Gasteiger partial charge on any atom is 0.423 e. The number of halogens is 1. The van der Waals surface area contributed by atoms with Gasteiger partial charge in [-0.05, 0) is 56.4 Å². The Morgan fingerprint density at radius 2 is 2.06 bits per heavy atom. The summed E-state index contributed by atoms with van der Waals surface area (Å²) in [7, 11) is 1.17. The second-order valence-electron chi connectivity index (χ2n) is 8.88. The Kier molecular flexibility index (Phi) is 6.77. The molecule has 0 spiro atoms. The molecule has 3 amide bonds. The van der Waals surface area contributed by atoms with Gasteiger partial charge in [-0.25, -0.2) is 4.79 Å². The Bertz CT molecular complexity index is 1060. The highest BCUT2D eigenvalue weighted by atomic mass is 79.9. The summed E-state index contributed by atoms with van der Waals surface area (Å²) in [5.74, 6) is -2.00. The van der Waals surface area contributed by atoms with Crippen molar-refractivity contribution in [3.05, 3.63) is 45.0 Å². The number of ether oxygens (including phenoxy) is 2. The number of likely N-dealkylation sites (tertiary alicyclic amines) is 1. The van der Waals surface area contributed by atoms with Gasteiger partial charge in [-0.15, -0.1) is 0 Å². The summed E-state index contributed by atoms with van der Waals surface area (Å²) in [5.41, 5.74) is 4.12. The third-order valence-corrected chi connectivity index (χ3v) is 7.53. The summed E-state index contributed by atoms with van der Waals surface area (Å²) in [4.78, 5) is 38.4. The molecular weight excluding hydrogens is 490 g/mol. The van der Waals surface area contributed by atoms with Gasteiger partial charge in [0.05, 0.1) is 31.7 Å². The van der Waals surface area contributed by atoms with Crippen molar-refractivity contribution in [2.24, 2.45) is 17.8 Å². The lowest BCUT2D eigenvalue weighted by Gasteiger charge is -2.30. The van der Waals surface area contributed by atoms with Gasteiger partial charge in [0.25, 0.3) is 0 Å². The van der Waals surface area contributed by atoms with E-state index >= 15 is 0 Å². The highest BCUT2D eigenvalue weighted by molar-refractivity contribution is 9.10. The zero-order valence-electron chi connectivity index (χ0n) is 19.0. The smallest absolute Gasteiger partial charge is 0.423 e. The number of imide groups is 3. The van der Waals surface area contributed by atoms with Crippen molar-refractivity contribution >= 4 is 39.9 Å². The Balaban J connectivity index is 1.52. The van der Waals surface area contributed by atoms with E-state index in [0.717, 1.165) is 40.4 Å². The van der Waals surface area contributed by atoms with E-state index < -0.39 is 29.7 Å². The number of benzene rings is 1. The third-order valence-electron chi connectivity index (χ3n) is 7.04. The van der Waals surface area contributed by atoms with Crippen LogP contribution in [0.25, 0.3) is 6.08 Å². The van der Waals surface area contributed by atoms with Crippen LogP contribution in [0, 0.1) is 17.8 Å². The molecule has 33 heavy (non-hydrogen) atoms. The Morgan fingerprint density at radius 1 is 1.30 bits per heavy atom. The summed E-state index contributed by atoms with van der Waals surface area (Å²) in [5, 5.41) is 10.2. The van der Waals surface area contributed by atoms with E-state index in [1.54, 1.807) is 12.1 Å². The minimum absolute atomic E-state index is 0.128. The van der Waals surface area contributed by atoms with Gasteiger partial charge in [-0.2, -0.15) is 4.90 Å². The first-order chi connectivity index (χ1) is 15.8. The zero-order valence-corrected chi connectivity index (χ0v) is 20.6. The van der Waals surface area contributed by atoms with E-state index in [2.05, 4.69) is 27.6 Å². The molecule has 1 aromatic carbocycles. The number of phenolic OH excluding ortho intramolecular Hbond substituents is 1. The molecule has 2 fully saturated rings. The molecule has 0 unspecified atom stereocenters. The van der Waals surface area contributed by atoms with Crippen LogP contribution in [-0.4, -0.2) is 47.7 Å². The van der Waals surface area contributed by atoms with Crippen LogP contribution in [0.2, 0.25) is 0 Å². The number of hydrogen-bond acceptors (Lipinski definition) is 6. The summed E-state index contributed by atoms with van der Waals surface area (Å²) in [6.07, 6.45) is 3.80. The predicted octanol–water partition coefficient (Wildman–Crippen LogP) is 4.83. The SMILES string of the molecule is CC/C(=C\c1cc(Br)ccc1O)CC[C@H]1OC[C@H]2C1=C(C)C[C@H]1C(=O)N(C(=O)OC)C(=O)[C@H]12. The van der Waals surface area contributed by atoms with Gasteiger partial charge < -0.3 is 14.6 Å². The van der Waals surface area contributed by atoms with E-state index in [9.17, 15) is 19.5 Å². The van der Waals surface area contributed by atoms with Crippen LogP contribution >= 0.6 is 15.9 Å². The summed E-state index contributed by atoms with van der Waals surface area (Å²) in [6, 6.07) is 5.35. The molecule has 3 aliphatic rings. The van der Waals surface area contributed by atoms with Crippen molar-refractivity contribution in [2.75, 3.05) is 13.7 Å². The summed E-state index contributed by atoms with van der Waals surface area (Å²) in [6.45, 7) is 4.44. The number of aromatic hydroxyl groups is 1. The molecule has 0 bridgehead atoms. The molecule has 0 saturated carbocycles. The maximum atomic E-state index is 13.0. The molecule has 1 aromatic rings. The summed E-state index contributed by atoms with van der Waals surface area (Å²) < 4.78 is 11.7. The number of rotatable bonds is 5. The molecule has 0 aromatic heterocycles. The van der Waals surface area contributed by atoms with E-state index in [1.807, 2.05) is 19.1 Å². The molecule has 1 N–H and O–H groups in total. The fourth-order valence-electron chi connectivity index (χ4n) is 5.43. The molecule has 0 radical (unpaired) electrons. The molecule has 7 nitrogen and oxygen atoms in total. The van der Waals surface area contributed by atoms with Gasteiger partial charge >= 0.3 is 6.09 Å². The van der Waals surface area contributed by atoms with Crippen LogP contribution in [0.4, 0.5) is 4.79 Å². The second-order valence-corrected chi connectivity index (χ2v) is 9.80. The Morgan fingerprint density at radius 3 is 2.76 bits per heavy atom. The number of hydrogen-bond donors (Lipinski definition) is 1. The highest BCUT2D eigenvalue weighted by Gasteiger charge is 2.58. The van der Waals surface area contributed by atoms with Crippen LogP contribution in [-0.2, 0) is 19.1 Å². The molecule has 2 saturated heterocycles. The van der Waals surface area contributed by atoms with Crippen molar-refractivity contribution in [1.82, 2.24) is 4.90 Å². The maximum absolute atomic E-state index is 13.0. The van der Waals surface area contributed by atoms with E-state index in [0.29, 0.717) is 17.9 Å². The minimum Gasteiger partial charge on any atom is -0.507 e. The van der Waals surface area contributed by atoms with E-state index in [1.165, 1.54) is 12.7 Å². The number of fused-ring (bicyclic) bond motifs is 3. The van der Waals surface area contributed by atoms with Crippen molar-refractivity contribution in [3.63, 3.8) is 0 Å². The van der Waals surface area contributed by atoms with Crippen molar-refractivity contribution in [1.29, 1.82) is 0 Å². The normalized spacial score (nSPS) is 27.2. The Hall–Kier alpha value is -2.45. The first-order valence-electron chi connectivity index (χ1n) is 11.2. The molecule has 2 heterocycles. The first-order valence-corrected chi connectivity index (χ1v) is 12.0. The molecule has 8 heteroatoms. The van der Waals surface area contributed by atoms with Gasteiger partial charge in [-0.3, -0.25) is 9.59 Å². The lowest BCUT2D eigenvalue weighted by molar-refractivity contribution is -0.137. The number of amides is 3. The van der Waals surface area contributed by atoms with Crippen LogP contribution < -0.4 is 0 Å². The van der Waals surface area contributed by atoms with Crippen molar-refractivity contribution < 1.29 is 29.0 Å². The van der Waals surface area contributed by atoms with Crippen LogP contribution in [0.1, 0.15) is 45.1 Å². The van der Waals surface area contributed by atoms with Gasteiger partial charge in [0, 0.05) is 16.0 Å². The molecule has 4 rings (SSSR count). The minimum atomic E-state index is -0.914. The van der Waals surface area contributed by atoms with Crippen LogP contribution in [0.15, 0.2) is 39.4 Å². The van der Waals surface area contributed by atoms with E-state index in [-0.39, 0.29) is 17.8 Å². The highest BCUT2D eigenvalue weighted by Crippen LogP contribution is 2.49. The molecular formula is C25H28BrNO6. The first kappa shape index (κ1) is 23.7. The average molecular weight is 518 g/mol. The number of nitrogens with zero attached hydrogens (tertiary/aromatic N) is 1. The second kappa shape index (κ2) is 9.43. The number of methoxy groups -OCH3 is 1. The number of carbonyl (C=O) groups excluding carboxylic acids is 3. The fraction of sp³-hybridized carbons (Fsp3) is 0.480. The van der Waals surface area contributed by atoms with Gasteiger partial charge in [0.1, 0.15) is 5.75 Å². The zero-order chi connectivity index (χ0) is 23.9. The van der Waals surface area contributed by atoms with Gasteiger partial charge in [0.15, 0.2) is 0 Å². The summed E-state index contributed by atoms with van der Waals surface area (Å²) >= 11 is 3.44. The Labute approximate surface area is 201 Å². The fourth-order valence-corrected chi connectivity index (χ4v) is 5.81. The molecule has 1 aliphatic carbocycles. The number of phenols is 1. The van der Waals surface area contributed by atoms with Crippen molar-refractivity contribution in [2.45, 2.75) is 45.6 Å². The van der Waals surface area contributed by atoms with Gasteiger partial charge in [0.2, 0.25) is 11.8 Å². The number of allylic oxidation sites excluding steroid dienone is 2. The van der Waals surface area contributed by atoms with Crippen LogP contribution in [0.3, 0.4) is 0 Å². The standard InChI is InChI=1S/C25H28BrNO6/c1-4-14(10-15-11-16(26)6-7-19(15)28)5-8-20-21-13(2)9-17-22(18(21)12-33-20)24(30)27(23(17)29)25(31)32-3/h6-7,10-11,17-18,20,22,28H,4-5,8-9,12H2,1-3H3/b14-10+/t17-,18+,20-,22-/m1/s1.